The van der Waals surface area contributed by atoms with Gasteiger partial charge in [0.15, 0.2) is 0 Å². The van der Waals surface area contributed by atoms with Crippen molar-refractivity contribution in [1.82, 2.24) is 0 Å². The second-order valence-electron chi connectivity index (χ2n) is 14.5. The van der Waals surface area contributed by atoms with E-state index in [-0.39, 0.29) is 15.0 Å². The first-order valence-corrected chi connectivity index (χ1v) is 20.1. The molecule has 1 aromatic heterocycles. The second-order valence-corrected chi connectivity index (χ2v) is 15.5. The topological polar surface area (TPSA) is 3.24 Å². The van der Waals surface area contributed by atoms with E-state index in [1.165, 1.54) is 0 Å². The summed E-state index contributed by atoms with van der Waals surface area (Å²) in [6.45, 7) is 0. The molecule has 0 unspecified atom stereocenters. The van der Waals surface area contributed by atoms with Crippen LogP contribution in [0.3, 0.4) is 0 Å². The van der Waals surface area contributed by atoms with Gasteiger partial charge in [-0.3, -0.25) is 0 Å². The lowest BCUT2D eigenvalue weighted by Crippen LogP contribution is -2.26. The molecular formula is C63H39NS. The molecular weight excluding hydrogens is 803 g/mol. The Balaban J connectivity index is 1.22. The SMILES string of the molecule is [2H]c1c([2H])c([2H])c2c(c1[2H])-c1c([2H])c([2H])c([2H])c([2H])c1C21c2c([2H])c([2H])c([2H])c([2H])c2-c2c([2H])c([2H])c(N(c3c([2H])c([2H])c(-c4c([2H])c([2H])c5c([2H])c([2H])c([2H])c([2H])c5c4-c4c([2H])c([2H])c([2H])c5c4sc4c([2H])c([2H])c([2H])c([2H])c45)c([2H])c3[2H])c3c([2H])c([2H])c4c([2H])c([2H])c([2H])c([2H])c4c3[2H])c([2H])c21. The molecule has 2 heteroatoms. The van der Waals surface area contributed by atoms with Crippen molar-refractivity contribution >= 4 is 70.1 Å². The molecule has 0 bridgehead atoms. The summed E-state index contributed by atoms with van der Waals surface area (Å²) in [7, 11) is 0. The molecule has 0 N–H and O–H groups in total. The van der Waals surface area contributed by atoms with Crippen molar-refractivity contribution in [3.63, 3.8) is 0 Å². The molecule has 2 aliphatic rings. The van der Waals surface area contributed by atoms with Gasteiger partial charge in [0.1, 0.15) is 0 Å². The highest BCUT2D eigenvalue weighted by Crippen LogP contribution is 2.63. The van der Waals surface area contributed by atoms with Gasteiger partial charge in [-0.1, -0.05) is 193 Å². The van der Waals surface area contributed by atoms with E-state index in [9.17, 15) is 30.2 Å². The van der Waals surface area contributed by atoms with E-state index in [0.717, 1.165) is 0 Å². The third-order valence-corrected chi connectivity index (χ3v) is 12.4. The van der Waals surface area contributed by atoms with Crippen LogP contribution in [0.15, 0.2) is 236 Å². The number of hydrogen-bond acceptors (Lipinski definition) is 2. The minimum absolute atomic E-state index is 0.259. The van der Waals surface area contributed by atoms with Crippen LogP contribution in [-0.4, -0.2) is 0 Å². The molecule has 11 aromatic carbocycles. The average molecular weight is 881 g/mol. The van der Waals surface area contributed by atoms with E-state index >= 15 is 0 Å². The molecule has 0 saturated carbocycles. The van der Waals surface area contributed by atoms with E-state index in [2.05, 4.69) is 0 Å². The zero-order valence-electron chi connectivity index (χ0n) is 71.4. The van der Waals surface area contributed by atoms with E-state index in [4.69, 9.17) is 23.3 Å². The molecule has 2 aliphatic carbocycles. The zero-order chi connectivity index (χ0) is 76.6. The molecule has 1 nitrogen and oxygen atoms in total. The second kappa shape index (κ2) is 14.0. The van der Waals surface area contributed by atoms with E-state index in [1.807, 2.05) is 0 Å². The van der Waals surface area contributed by atoms with Gasteiger partial charge in [0.25, 0.3) is 0 Å². The lowest BCUT2D eigenvalue weighted by Gasteiger charge is -2.32. The van der Waals surface area contributed by atoms with Crippen LogP contribution in [0.25, 0.3) is 86.2 Å². The Morgan fingerprint density at radius 2 is 0.846 bits per heavy atom. The Bertz CT molecular complexity index is 6110. The molecule has 0 radical (unpaired) electrons. The standard InChI is InChI=1S/C63H39NS/c1-2-16-43-38-45(34-28-40(43)14-1)64(46-35-37-52-51-20-7-11-26-58(51)63(59(52)39-46)56-24-9-5-18-49(56)50-19-6-10-25-57(50)63)44-32-29-42(30-33-44)48-36-31-41-15-3-4-17-47(41)61(48)55-23-13-22-54-53-21-8-12-27-60(53)65-62(54)55/h1-39H/i1D,2D,3D,4D,5D,6D,7D,8D,9D,10D,11D,12D,13D,14D,15D,16D,17D,18D,19D,20D,21D,22D,23D,24D,25D,26D,27D,28D,29D,30D,31D,32D,33D,34D,35D,36D,37D,38D,39D. The van der Waals surface area contributed by atoms with E-state index in [1.54, 1.807) is 0 Å². The molecule has 302 valence electrons. The number of rotatable bonds is 5. The van der Waals surface area contributed by atoms with Gasteiger partial charge in [-0.25, -0.2) is 0 Å². The van der Waals surface area contributed by atoms with Crippen LogP contribution in [0.1, 0.15) is 75.7 Å². The number of nitrogens with zero attached hydrogens (tertiary/aromatic N) is 1. The van der Waals surface area contributed by atoms with Gasteiger partial charge in [-0.05, 0) is 125 Å². The third-order valence-electron chi connectivity index (χ3n) is 11.3. The van der Waals surface area contributed by atoms with Crippen LogP contribution in [0, 0.1) is 0 Å². The van der Waals surface area contributed by atoms with Gasteiger partial charge in [0, 0.05) is 42.8 Å². The molecule has 0 aliphatic heterocycles. The maximum Gasteiger partial charge on any atom is 0.0726 e. The van der Waals surface area contributed by atoms with Crippen molar-refractivity contribution in [2.45, 2.75) is 5.41 Å². The first kappa shape index (κ1) is 15.0. The fourth-order valence-corrected chi connectivity index (χ4v) is 9.75. The van der Waals surface area contributed by atoms with E-state index < -0.39 is 357 Å². The summed E-state index contributed by atoms with van der Waals surface area (Å²) in [5.74, 6) is 0. The van der Waals surface area contributed by atoms with Gasteiger partial charge >= 0.3 is 0 Å². The van der Waals surface area contributed by atoms with Crippen molar-refractivity contribution in [2.75, 3.05) is 4.90 Å². The monoisotopic (exact) mass is 881 g/mol. The van der Waals surface area contributed by atoms with Crippen LogP contribution in [0.5, 0.6) is 0 Å². The Morgan fingerprint density at radius 3 is 1.58 bits per heavy atom. The smallest absolute Gasteiger partial charge is 0.0726 e. The average Bonchev–Trinajstić information content (AvgIpc) is 1.47. The highest BCUT2D eigenvalue weighted by Gasteiger charge is 2.51. The predicted octanol–water partition coefficient (Wildman–Crippen LogP) is 17.5. The van der Waals surface area contributed by atoms with Gasteiger partial charge in [0.2, 0.25) is 0 Å². The molecule has 65 heavy (non-hydrogen) atoms. The summed E-state index contributed by atoms with van der Waals surface area (Å²) < 4.78 is 367. The molecule has 1 heterocycles. The Labute approximate surface area is 436 Å². The van der Waals surface area contributed by atoms with Crippen LogP contribution in [-0.2, 0) is 5.41 Å². The van der Waals surface area contributed by atoms with Crippen molar-refractivity contribution < 1.29 is 53.5 Å². The molecule has 0 amide bonds. The van der Waals surface area contributed by atoms with E-state index in [0.29, 0.717) is 11.3 Å². The molecule has 14 rings (SSSR count). The number of anilines is 3. The van der Waals surface area contributed by atoms with Crippen LogP contribution in [0.2, 0.25) is 0 Å². The third kappa shape index (κ3) is 5.20. The van der Waals surface area contributed by atoms with Crippen molar-refractivity contribution in [1.29, 1.82) is 0 Å². The molecule has 0 atom stereocenters. The number of hydrogen-bond donors (Lipinski definition) is 0. The highest BCUT2D eigenvalue weighted by molar-refractivity contribution is 7.26. The first-order chi connectivity index (χ1) is 48.5. The van der Waals surface area contributed by atoms with Crippen LogP contribution >= 0.6 is 11.3 Å². The quantitative estimate of drug-likeness (QED) is 0.166. The Kier molecular flexibility index (Phi) is 3.23. The normalized spacial score (nSPS) is 21.4. The van der Waals surface area contributed by atoms with Crippen molar-refractivity contribution in [3.05, 3.63) is 258 Å². The number of fused-ring (bicyclic) bond motifs is 15. The lowest BCUT2D eigenvalue weighted by atomic mass is 9.70. The maximum atomic E-state index is 10.8. The summed E-state index contributed by atoms with van der Waals surface area (Å²) >= 11 is 0.492. The summed E-state index contributed by atoms with van der Waals surface area (Å²) in [4.78, 5) is 0.259. The fraction of sp³-hybridized carbons (Fsp3) is 0.0159. The van der Waals surface area contributed by atoms with Crippen molar-refractivity contribution in [3.8, 4) is 44.5 Å². The van der Waals surface area contributed by atoms with Gasteiger partial charge < -0.3 is 4.90 Å². The molecule has 0 saturated heterocycles. The first-order valence-electron chi connectivity index (χ1n) is 38.8. The number of thiophene rings is 1. The van der Waals surface area contributed by atoms with Crippen LogP contribution in [0.4, 0.5) is 17.1 Å². The van der Waals surface area contributed by atoms with Gasteiger partial charge in [0.05, 0.1) is 58.9 Å². The Morgan fingerprint density at radius 1 is 0.338 bits per heavy atom. The minimum atomic E-state index is -3.12. The minimum Gasteiger partial charge on any atom is -0.310 e. The maximum absolute atomic E-state index is 10.8. The highest BCUT2D eigenvalue weighted by atomic mass is 32.1. The summed E-state index contributed by atoms with van der Waals surface area (Å²) in [5, 5.41) is -4.12. The van der Waals surface area contributed by atoms with Gasteiger partial charge in [-0.2, -0.15) is 0 Å². The predicted molar refractivity (Wildman–Crippen MR) is 276 cm³/mol. The molecule has 0 fully saturated rings. The summed E-state index contributed by atoms with van der Waals surface area (Å²) in [6.07, 6.45) is 0. The largest absolute Gasteiger partial charge is 0.310 e. The molecule has 12 aromatic rings. The fourth-order valence-electron chi connectivity index (χ4n) is 8.68. The van der Waals surface area contributed by atoms with Gasteiger partial charge in [-0.15, -0.1) is 11.3 Å². The van der Waals surface area contributed by atoms with Crippen LogP contribution < -0.4 is 4.90 Å². The molecule has 1 spiro atoms. The zero-order valence-corrected chi connectivity index (χ0v) is 33.2. The summed E-state index contributed by atoms with van der Waals surface area (Å²) in [5.41, 5.74) is -17.3. The number of benzene rings is 11. The lowest BCUT2D eigenvalue weighted by molar-refractivity contribution is 0.793. The Hall–Kier alpha value is -8.04. The summed E-state index contributed by atoms with van der Waals surface area (Å²) in [6, 6.07) is -42.7. The van der Waals surface area contributed by atoms with Crippen molar-refractivity contribution in [2.24, 2.45) is 0 Å².